The molecule has 2 aromatic rings. The lowest BCUT2D eigenvalue weighted by Crippen LogP contribution is -2.40. The van der Waals surface area contributed by atoms with Crippen LogP contribution in [-0.4, -0.2) is 28.0 Å². The quantitative estimate of drug-likeness (QED) is 0.647. The van der Waals surface area contributed by atoms with E-state index in [0.29, 0.717) is 0 Å². The summed E-state index contributed by atoms with van der Waals surface area (Å²) < 4.78 is 12.7. The van der Waals surface area contributed by atoms with Gasteiger partial charge in [0.05, 0.1) is 5.56 Å². The van der Waals surface area contributed by atoms with Crippen LogP contribution >= 0.6 is 0 Å². The van der Waals surface area contributed by atoms with Gasteiger partial charge >= 0.3 is 0 Å². The van der Waals surface area contributed by atoms with Gasteiger partial charge in [-0.3, -0.25) is 14.6 Å². The Morgan fingerprint density at radius 1 is 1.15 bits per heavy atom. The molecule has 0 aliphatic heterocycles. The number of rotatable bonds is 4. The van der Waals surface area contributed by atoms with Crippen LogP contribution in [0.3, 0.4) is 0 Å². The zero-order valence-corrected chi connectivity index (χ0v) is 10.3. The normalized spacial score (nSPS) is 11.7. The van der Waals surface area contributed by atoms with E-state index in [0.717, 1.165) is 12.1 Å². The summed E-state index contributed by atoms with van der Waals surface area (Å²) in [6, 6.07) is 7.72. The van der Waals surface area contributed by atoms with Crippen molar-refractivity contribution in [1.29, 1.82) is 0 Å². The summed E-state index contributed by atoms with van der Waals surface area (Å²) in [6.45, 7) is 0. The molecule has 2 N–H and O–H groups in total. The van der Waals surface area contributed by atoms with Gasteiger partial charge in [0, 0.05) is 18.0 Å². The number of carbonyl (C=O) groups is 2. The Morgan fingerprint density at radius 2 is 1.85 bits per heavy atom. The molecule has 20 heavy (non-hydrogen) atoms. The zero-order chi connectivity index (χ0) is 14.5. The molecule has 2 rings (SSSR count). The number of ketones is 1. The molecule has 102 valence electrons. The van der Waals surface area contributed by atoms with Crippen molar-refractivity contribution in [3.8, 4) is 0 Å². The monoisotopic (exact) mass is 274 g/mol. The maximum absolute atomic E-state index is 12.7. The van der Waals surface area contributed by atoms with Gasteiger partial charge < -0.3 is 10.4 Å². The Hall–Kier alpha value is -2.60. The molecule has 0 radical (unpaired) electrons. The molecule has 1 amide bonds. The highest BCUT2D eigenvalue weighted by atomic mass is 19.1. The summed E-state index contributed by atoms with van der Waals surface area (Å²) in [5, 5.41) is 11.8. The Bertz CT molecular complexity index is 614. The van der Waals surface area contributed by atoms with E-state index < -0.39 is 23.7 Å². The van der Waals surface area contributed by atoms with Crippen molar-refractivity contribution < 1.29 is 19.1 Å². The fourth-order valence-corrected chi connectivity index (χ4v) is 1.54. The van der Waals surface area contributed by atoms with Gasteiger partial charge in [-0.15, -0.1) is 0 Å². The maximum atomic E-state index is 12.7. The van der Waals surface area contributed by atoms with Gasteiger partial charge in [0.1, 0.15) is 5.82 Å². The van der Waals surface area contributed by atoms with Crippen LogP contribution in [0, 0.1) is 5.82 Å². The number of hydrogen-bond acceptors (Lipinski definition) is 4. The Balaban J connectivity index is 2.05. The van der Waals surface area contributed by atoms with Gasteiger partial charge in [0.2, 0.25) is 5.78 Å². The first-order valence-electron chi connectivity index (χ1n) is 5.76. The number of benzene rings is 1. The van der Waals surface area contributed by atoms with E-state index in [4.69, 9.17) is 0 Å². The topological polar surface area (TPSA) is 79.3 Å². The maximum Gasteiger partial charge on any atom is 0.255 e. The second-order valence-corrected chi connectivity index (χ2v) is 3.99. The number of pyridine rings is 1. The van der Waals surface area contributed by atoms with Crippen LogP contribution in [0.15, 0.2) is 48.8 Å². The first-order chi connectivity index (χ1) is 9.58. The van der Waals surface area contributed by atoms with Crippen molar-refractivity contribution in [3.63, 3.8) is 0 Å². The molecule has 1 aromatic carbocycles. The van der Waals surface area contributed by atoms with Crippen LogP contribution in [0.5, 0.6) is 0 Å². The average molecular weight is 274 g/mol. The lowest BCUT2D eigenvalue weighted by Gasteiger charge is -2.11. The highest BCUT2D eigenvalue weighted by Crippen LogP contribution is 2.06. The largest absolute Gasteiger partial charge is 0.367 e. The molecular weight excluding hydrogens is 263 g/mol. The minimum Gasteiger partial charge on any atom is -0.367 e. The van der Waals surface area contributed by atoms with Gasteiger partial charge in [0.15, 0.2) is 6.23 Å². The van der Waals surface area contributed by atoms with Crippen LogP contribution in [0.1, 0.15) is 20.7 Å². The molecule has 5 nitrogen and oxygen atoms in total. The van der Waals surface area contributed by atoms with Crippen molar-refractivity contribution in [1.82, 2.24) is 10.3 Å². The summed E-state index contributed by atoms with van der Waals surface area (Å²) in [5.41, 5.74) is 0.323. The number of halogens is 1. The number of aliphatic hydroxyl groups excluding tert-OH is 1. The van der Waals surface area contributed by atoms with Crippen LogP contribution in [0.4, 0.5) is 4.39 Å². The van der Waals surface area contributed by atoms with E-state index in [1.807, 2.05) is 0 Å². The number of hydrogen-bond donors (Lipinski definition) is 2. The number of Topliss-reactive ketones (excluding diaryl/α,β-unsaturated/α-hetero) is 1. The lowest BCUT2D eigenvalue weighted by atomic mass is 10.1. The van der Waals surface area contributed by atoms with Crippen molar-refractivity contribution in [2.75, 3.05) is 0 Å². The van der Waals surface area contributed by atoms with Crippen molar-refractivity contribution >= 4 is 11.7 Å². The number of aromatic nitrogens is 1. The third kappa shape index (κ3) is 3.24. The van der Waals surface area contributed by atoms with Gasteiger partial charge in [-0.05, 0) is 36.4 Å². The molecule has 0 aliphatic carbocycles. The molecule has 0 saturated heterocycles. The molecule has 6 heteroatoms. The fraction of sp³-hybridized carbons (Fsp3) is 0.0714. The summed E-state index contributed by atoms with van der Waals surface area (Å²) in [5.74, 6) is -1.83. The minimum absolute atomic E-state index is 0.102. The number of nitrogens with zero attached hydrogens (tertiary/aromatic N) is 1. The van der Waals surface area contributed by atoms with Crippen molar-refractivity contribution in [2.24, 2.45) is 0 Å². The lowest BCUT2D eigenvalue weighted by molar-refractivity contribution is 0.0607. The van der Waals surface area contributed by atoms with Crippen LogP contribution in [0.2, 0.25) is 0 Å². The first kappa shape index (κ1) is 13.8. The van der Waals surface area contributed by atoms with Crippen LogP contribution in [-0.2, 0) is 0 Å². The number of aliphatic hydroxyl groups is 1. The standard InChI is InChI=1S/C14H11FN2O3/c15-11-5-3-9(4-6-11)12(18)14(20)17-13(19)10-2-1-7-16-8-10/h1-8,14,20H,(H,17,19). The van der Waals surface area contributed by atoms with Crippen molar-refractivity contribution in [2.45, 2.75) is 6.23 Å². The fourth-order valence-electron chi connectivity index (χ4n) is 1.54. The third-order valence-electron chi connectivity index (χ3n) is 2.57. The first-order valence-corrected chi connectivity index (χ1v) is 5.76. The predicted molar refractivity (Wildman–Crippen MR) is 68.4 cm³/mol. The van der Waals surface area contributed by atoms with E-state index in [9.17, 15) is 19.1 Å². The van der Waals surface area contributed by atoms with Gasteiger partial charge in [-0.2, -0.15) is 0 Å². The molecule has 0 spiro atoms. The Kier molecular flexibility index (Phi) is 4.17. The minimum atomic E-state index is -1.70. The van der Waals surface area contributed by atoms with E-state index in [1.165, 1.54) is 30.6 Å². The van der Waals surface area contributed by atoms with Gasteiger partial charge in [-0.1, -0.05) is 0 Å². The van der Waals surface area contributed by atoms with E-state index in [2.05, 4.69) is 10.3 Å². The SMILES string of the molecule is O=C(NC(O)C(=O)c1ccc(F)cc1)c1cccnc1. The molecule has 0 bridgehead atoms. The average Bonchev–Trinajstić information content (AvgIpc) is 2.48. The molecule has 1 atom stereocenters. The molecule has 1 unspecified atom stereocenters. The summed E-state index contributed by atoms with van der Waals surface area (Å²) >= 11 is 0. The van der Waals surface area contributed by atoms with Crippen LogP contribution in [0.25, 0.3) is 0 Å². The molecular formula is C14H11FN2O3. The van der Waals surface area contributed by atoms with Gasteiger partial charge in [-0.25, -0.2) is 4.39 Å². The van der Waals surface area contributed by atoms with E-state index in [-0.39, 0.29) is 11.1 Å². The Labute approximate surface area is 114 Å². The van der Waals surface area contributed by atoms with Crippen molar-refractivity contribution in [3.05, 3.63) is 65.7 Å². The third-order valence-corrected chi connectivity index (χ3v) is 2.57. The summed E-state index contributed by atoms with van der Waals surface area (Å²) in [6.07, 6.45) is 1.11. The van der Waals surface area contributed by atoms with Gasteiger partial charge in [0.25, 0.3) is 5.91 Å². The smallest absolute Gasteiger partial charge is 0.255 e. The summed E-state index contributed by atoms with van der Waals surface area (Å²) in [7, 11) is 0. The Morgan fingerprint density at radius 3 is 2.45 bits per heavy atom. The highest BCUT2D eigenvalue weighted by Gasteiger charge is 2.20. The second-order valence-electron chi connectivity index (χ2n) is 3.99. The zero-order valence-electron chi connectivity index (χ0n) is 10.3. The number of nitrogens with one attached hydrogen (secondary N) is 1. The molecule has 0 aliphatic rings. The molecule has 1 aromatic heterocycles. The second kappa shape index (κ2) is 6.03. The summed E-state index contributed by atoms with van der Waals surface area (Å²) in [4.78, 5) is 27.3. The van der Waals surface area contributed by atoms with E-state index in [1.54, 1.807) is 6.07 Å². The molecule has 1 heterocycles. The molecule has 0 fully saturated rings. The predicted octanol–water partition coefficient (Wildman–Crippen LogP) is 1.15. The molecule has 0 saturated carbocycles. The van der Waals surface area contributed by atoms with E-state index >= 15 is 0 Å². The highest BCUT2D eigenvalue weighted by molar-refractivity contribution is 6.03. The number of carbonyl (C=O) groups excluding carboxylic acids is 2. The number of amides is 1. The van der Waals surface area contributed by atoms with Crippen LogP contribution < -0.4 is 5.32 Å².